The highest BCUT2D eigenvalue weighted by Gasteiger charge is 2.19. The van der Waals surface area contributed by atoms with Crippen LogP contribution in [0, 0.1) is 0 Å². The van der Waals surface area contributed by atoms with E-state index in [1.54, 1.807) is 11.0 Å². The standard InChI is InChI=1S/C17H16ClN3O2/c1-21-10-16(22)19-20-17(21)13-7-8-15(14(18)9-13)23-11-12-5-3-2-4-6-12/h2-9H,10-11H2,1H3,(H,19,22). The second-order valence-electron chi connectivity index (χ2n) is 5.25. The maximum absolute atomic E-state index is 11.3. The van der Waals surface area contributed by atoms with Crippen LogP contribution in [0.25, 0.3) is 0 Å². The van der Waals surface area contributed by atoms with Crippen LogP contribution in [0.1, 0.15) is 11.1 Å². The summed E-state index contributed by atoms with van der Waals surface area (Å²) in [6.45, 7) is 0.722. The highest BCUT2D eigenvalue weighted by molar-refractivity contribution is 6.32. The van der Waals surface area contributed by atoms with Gasteiger partial charge >= 0.3 is 0 Å². The second-order valence-corrected chi connectivity index (χ2v) is 5.65. The topological polar surface area (TPSA) is 53.9 Å². The summed E-state index contributed by atoms with van der Waals surface area (Å²) in [7, 11) is 1.81. The minimum Gasteiger partial charge on any atom is -0.487 e. The molecule has 0 saturated heterocycles. The van der Waals surface area contributed by atoms with E-state index in [2.05, 4.69) is 10.5 Å². The van der Waals surface area contributed by atoms with Gasteiger partial charge in [-0.2, -0.15) is 5.10 Å². The van der Waals surface area contributed by atoms with E-state index in [1.807, 2.05) is 49.5 Å². The zero-order valence-corrected chi connectivity index (χ0v) is 13.4. The summed E-state index contributed by atoms with van der Waals surface area (Å²) in [5.41, 5.74) is 4.37. The molecule has 3 rings (SSSR count). The Morgan fingerprint density at radius 2 is 2.04 bits per heavy atom. The van der Waals surface area contributed by atoms with E-state index in [4.69, 9.17) is 16.3 Å². The maximum Gasteiger partial charge on any atom is 0.259 e. The van der Waals surface area contributed by atoms with Gasteiger partial charge in [-0.1, -0.05) is 41.9 Å². The summed E-state index contributed by atoms with van der Waals surface area (Å²) in [6.07, 6.45) is 0. The average Bonchev–Trinajstić information content (AvgIpc) is 2.55. The third-order valence-electron chi connectivity index (χ3n) is 3.46. The molecule has 2 aromatic rings. The highest BCUT2D eigenvalue weighted by Crippen LogP contribution is 2.27. The molecule has 0 spiro atoms. The molecule has 0 radical (unpaired) electrons. The number of halogens is 1. The summed E-state index contributed by atoms with van der Waals surface area (Å²) in [5.74, 6) is 1.15. The molecule has 0 fully saturated rings. The molecule has 2 aromatic carbocycles. The van der Waals surface area contributed by atoms with E-state index >= 15 is 0 Å². The van der Waals surface area contributed by atoms with Gasteiger partial charge in [0.1, 0.15) is 12.4 Å². The molecular weight excluding hydrogens is 314 g/mol. The molecule has 1 aliphatic heterocycles. The van der Waals surface area contributed by atoms with Gasteiger partial charge < -0.3 is 9.64 Å². The number of likely N-dealkylation sites (N-methyl/N-ethyl adjacent to an activating group) is 1. The van der Waals surface area contributed by atoms with Crippen molar-refractivity contribution in [3.8, 4) is 5.75 Å². The van der Waals surface area contributed by atoms with Crippen molar-refractivity contribution in [2.45, 2.75) is 6.61 Å². The number of rotatable bonds is 4. The van der Waals surface area contributed by atoms with E-state index in [9.17, 15) is 4.79 Å². The van der Waals surface area contributed by atoms with Gasteiger partial charge in [0.25, 0.3) is 5.91 Å². The summed E-state index contributed by atoms with van der Waals surface area (Å²) >= 11 is 6.31. The lowest BCUT2D eigenvalue weighted by Gasteiger charge is -2.24. The fraction of sp³-hybridized carbons (Fsp3) is 0.176. The van der Waals surface area contributed by atoms with E-state index in [0.29, 0.717) is 23.2 Å². The Bertz CT molecular complexity index is 747. The fourth-order valence-electron chi connectivity index (χ4n) is 2.30. The van der Waals surface area contributed by atoms with Gasteiger partial charge in [-0.15, -0.1) is 0 Å². The number of hydrogen-bond donors (Lipinski definition) is 1. The minimum atomic E-state index is -0.134. The Balaban J connectivity index is 1.74. The van der Waals surface area contributed by atoms with Crippen LogP contribution in [0.3, 0.4) is 0 Å². The van der Waals surface area contributed by atoms with Crippen molar-refractivity contribution in [2.24, 2.45) is 5.10 Å². The van der Waals surface area contributed by atoms with Gasteiger partial charge in [0.15, 0.2) is 5.84 Å². The molecule has 6 heteroatoms. The number of amidine groups is 1. The number of nitrogens with one attached hydrogen (secondary N) is 1. The molecule has 1 N–H and O–H groups in total. The number of benzene rings is 2. The van der Waals surface area contributed by atoms with Crippen molar-refractivity contribution in [3.63, 3.8) is 0 Å². The molecule has 1 aliphatic rings. The molecule has 0 unspecified atom stereocenters. The monoisotopic (exact) mass is 329 g/mol. The summed E-state index contributed by atoms with van der Waals surface area (Å²) in [5, 5.41) is 4.58. The van der Waals surface area contributed by atoms with Gasteiger partial charge in [0.2, 0.25) is 0 Å². The van der Waals surface area contributed by atoms with Crippen molar-refractivity contribution in [2.75, 3.05) is 13.6 Å². The molecule has 1 amide bonds. The summed E-state index contributed by atoms with van der Waals surface area (Å²) in [4.78, 5) is 13.1. The fourth-order valence-corrected chi connectivity index (χ4v) is 2.54. The molecule has 5 nitrogen and oxygen atoms in total. The lowest BCUT2D eigenvalue weighted by atomic mass is 10.1. The van der Waals surface area contributed by atoms with Gasteiger partial charge in [-0.3, -0.25) is 4.79 Å². The number of hydrogen-bond acceptors (Lipinski definition) is 4. The largest absolute Gasteiger partial charge is 0.487 e. The highest BCUT2D eigenvalue weighted by atomic mass is 35.5. The first kappa shape index (κ1) is 15.4. The first-order valence-electron chi connectivity index (χ1n) is 7.18. The molecule has 118 valence electrons. The Labute approximate surface area is 139 Å². The Morgan fingerprint density at radius 1 is 1.26 bits per heavy atom. The van der Waals surface area contributed by atoms with E-state index < -0.39 is 0 Å². The predicted molar refractivity (Wildman–Crippen MR) is 89.5 cm³/mol. The van der Waals surface area contributed by atoms with Crippen molar-refractivity contribution >= 4 is 23.3 Å². The van der Waals surface area contributed by atoms with Crippen molar-refractivity contribution in [1.29, 1.82) is 0 Å². The van der Waals surface area contributed by atoms with Crippen LogP contribution in [-0.2, 0) is 11.4 Å². The van der Waals surface area contributed by atoms with Crippen LogP contribution >= 0.6 is 11.6 Å². The minimum absolute atomic E-state index is 0.134. The average molecular weight is 330 g/mol. The van der Waals surface area contributed by atoms with E-state index in [-0.39, 0.29) is 12.5 Å². The van der Waals surface area contributed by atoms with Crippen LogP contribution in [0.5, 0.6) is 5.75 Å². The van der Waals surface area contributed by atoms with Crippen molar-refractivity contribution in [3.05, 3.63) is 64.7 Å². The zero-order chi connectivity index (χ0) is 16.2. The predicted octanol–water partition coefficient (Wildman–Crippen LogP) is 2.64. The summed E-state index contributed by atoms with van der Waals surface area (Å²) in [6, 6.07) is 15.4. The molecule has 0 bridgehead atoms. The van der Waals surface area contributed by atoms with Crippen LogP contribution in [0.4, 0.5) is 0 Å². The zero-order valence-electron chi connectivity index (χ0n) is 12.6. The Kier molecular flexibility index (Phi) is 4.48. The van der Waals surface area contributed by atoms with Crippen molar-refractivity contribution in [1.82, 2.24) is 10.3 Å². The number of carbonyl (C=O) groups is 1. The van der Waals surface area contributed by atoms with Crippen molar-refractivity contribution < 1.29 is 9.53 Å². The molecule has 0 aliphatic carbocycles. The number of ether oxygens (including phenoxy) is 1. The molecule has 0 atom stereocenters. The third kappa shape index (κ3) is 3.63. The van der Waals surface area contributed by atoms with Gasteiger partial charge in [0, 0.05) is 12.6 Å². The first-order valence-corrected chi connectivity index (χ1v) is 7.55. The maximum atomic E-state index is 11.3. The number of carbonyl (C=O) groups excluding carboxylic acids is 1. The smallest absolute Gasteiger partial charge is 0.259 e. The van der Waals surface area contributed by atoms with Gasteiger partial charge in [0.05, 0.1) is 11.6 Å². The third-order valence-corrected chi connectivity index (χ3v) is 3.75. The number of nitrogens with zero attached hydrogens (tertiary/aromatic N) is 2. The molecule has 1 heterocycles. The normalized spacial score (nSPS) is 14.3. The molecule has 0 aromatic heterocycles. The molecule has 23 heavy (non-hydrogen) atoms. The lowest BCUT2D eigenvalue weighted by Crippen LogP contribution is -2.43. The quantitative estimate of drug-likeness (QED) is 0.938. The molecule has 0 saturated carbocycles. The second kappa shape index (κ2) is 6.71. The number of amides is 1. The summed E-state index contributed by atoms with van der Waals surface area (Å²) < 4.78 is 5.75. The Hall–Kier alpha value is -2.53. The van der Waals surface area contributed by atoms with Gasteiger partial charge in [-0.25, -0.2) is 5.43 Å². The van der Waals surface area contributed by atoms with Crippen LogP contribution in [0.2, 0.25) is 5.02 Å². The van der Waals surface area contributed by atoms with Crippen LogP contribution in [0.15, 0.2) is 53.6 Å². The van der Waals surface area contributed by atoms with Crippen LogP contribution in [-0.4, -0.2) is 30.2 Å². The number of hydrazone groups is 1. The first-order chi connectivity index (χ1) is 11.1. The van der Waals surface area contributed by atoms with E-state index in [1.165, 1.54) is 0 Å². The van der Waals surface area contributed by atoms with Gasteiger partial charge in [-0.05, 0) is 23.8 Å². The SMILES string of the molecule is CN1CC(=O)NN=C1c1ccc(OCc2ccccc2)c(Cl)c1. The lowest BCUT2D eigenvalue weighted by molar-refractivity contribution is -0.121. The van der Waals surface area contributed by atoms with Crippen LogP contribution < -0.4 is 10.2 Å². The Morgan fingerprint density at radius 3 is 2.74 bits per heavy atom. The van der Waals surface area contributed by atoms with E-state index in [0.717, 1.165) is 11.1 Å². The molecular formula is C17H16ClN3O2.